The van der Waals surface area contributed by atoms with Crippen molar-refractivity contribution in [3.05, 3.63) is 123 Å². The number of allylic oxidation sites excluding steroid dienone is 2. The quantitative estimate of drug-likeness (QED) is 0.241. The van der Waals surface area contributed by atoms with Crippen molar-refractivity contribution in [1.82, 2.24) is 0 Å². The van der Waals surface area contributed by atoms with E-state index >= 15 is 0 Å². The number of nitro benzene ring substituents is 1. The summed E-state index contributed by atoms with van der Waals surface area (Å²) in [6.07, 6.45) is 0.842. The number of ketones is 1. The fourth-order valence-electron chi connectivity index (χ4n) is 5.34. The van der Waals surface area contributed by atoms with Crippen molar-refractivity contribution in [2.45, 2.75) is 38.2 Å². The molecule has 7 heteroatoms. The van der Waals surface area contributed by atoms with E-state index in [4.69, 9.17) is 9.73 Å². The second kappa shape index (κ2) is 10.3. The van der Waals surface area contributed by atoms with Crippen LogP contribution in [-0.4, -0.2) is 22.4 Å². The standard InChI is InChI=1S/C30H26N2O5/c1-19-27(30(34)37-18-20-9-4-2-5-10-20)28(22-13-8-14-24(15-22)32(35)36)29-25(31-19)16-23(17-26(29)33)21-11-6-3-7-12-21/h2-15,23,27-28H,16-18H2,1H3/t23-,27?,28+/m0/s1. The van der Waals surface area contributed by atoms with Crippen molar-refractivity contribution < 1.29 is 19.2 Å². The van der Waals surface area contributed by atoms with E-state index in [1.807, 2.05) is 60.7 Å². The fourth-order valence-corrected chi connectivity index (χ4v) is 5.34. The molecule has 0 saturated heterocycles. The van der Waals surface area contributed by atoms with E-state index in [0.717, 1.165) is 11.1 Å². The first-order valence-corrected chi connectivity index (χ1v) is 12.2. The van der Waals surface area contributed by atoms with Gasteiger partial charge in [-0.1, -0.05) is 72.8 Å². The Morgan fingerprint density at radius 2 is 1.65 bits per heavy atom. The van der Waals surface area contributed by atoms with Crippen molar-refractivity contribution in [3.8, 4) is 0 Å². The zero-order valence-corrected chi connectivity index (χ0v) is 20.4. The molecule has 0 spiro atoms. The average molecular weight is 495 g/mol. The van der Waals surface area contributed by atoms with E-state index in [1.54, 1.807) is 19.1 Å². The van der Waals surface area contributed by atoms with Crippen LogP contribution in [-0.2, 0) is 20.9 Å². The minimum atomic E-state index is -0.860. The van der Waals surface area contributed by atoms with Crippen LogP contribution in [0.4, 0.5) is 5.69 Å². The van der Waals surface area contributed by atoms with Crippen LogP contribution in [0.1, 0.15) is 48.3 Å². The summed E-state index contributed by atoms with van der Waals surface area (Å²) in [5, 5.41) is 11.5. The number of nitro groups is 1. The van der Waals surface area contributed by atoms with Gasteiger partial charge in [0.05, 0.1) is 4.92 Å². The van der Waals surface area contributed by atoms with Gasteiger partial charge in [-0.2, -0.15) is 0 Å². The number of Topliss-reactive ketones (excluding diaryl/α,β-unsaturated/α-hetero) is 1. The van der Waals surface area contributed by atoms with Crippen LogP contribution in [0.5, 0.6) is 0 Å². The predicted octanol–water partition coefficient (Wildman–Crippen LogP) is 5.91. The summed E-state index contributed by atoms with van der Waals surface area (Å²) < 4.78 is 5.69. The minimum Gasteiger partial charge on any atom is -0.460 e. The summed E-state index contributed by atoms with van der Waals surface area (Å²) >= 11 is 0. The lowest BCUT2D eigenvalue weighted by Crippen LogP contribution is -2.38. The van der Waals surface area contributed by atoms with Crippen molar-refractivity contribution in [2.75, 3.05) is 0 Å². The molecule has 37 heavy (non-hydrogen) atoms. The fraction of sp³-hybridized carbons (Fsp3) is 0.233. The normalized spacial score (nSPS) is 21.2. The van der Waals surface area contributed by atoms with Crippen molar-refractivity contribution in [3.63, 3.8) is 0 Å². The molecule has 0 aromatic heterocycles. The van der Waals surface area contributed by atoms with Crippen molar-refractivity contribution in [1.29, 1.82) is 0 Å². The van der Waals surface area contributed by atoms with E-state index in [-0.39, 0.29) is 30.4 Å². The number of rotatable bonds is 6. The predicted molar refractivity (Wildman–Crippen MR) is 139 cm³/mol. The first-order chi connectivity index (χ1) is 17.9. The van der Waals surface area contributed by atoms with Crippen LogP contribution in [0.3, 0.4) is 0 Å². The Morgan fingerprint density at radius 1 is 0.973 bits per heavy atom. The largest absolute Gasteiger partial charge is 0.460 e. The summed E-state index contributed by atoms with van der Waals surface area (Å²) in [4.78, 5) is 43.0. The SMILES string of the molecule is CC1=NC2=C(C(=O)C[C@@H](c3ccccc3)C2)[C@H](c2cccc([N+](=O)[O-])c2)C1C(=O)OCc1ccccc1. The molecule has 0 fully saturated rings. The van der Waals surface area contributed by atoms with Crippen molar-refractivity contribution >= 4 is 23.2 Å². The Morgan fingerprint density at radius 3 is 2.35 bits per heavy atom. The summed E-state index contributed by atoms with van der Waals surface area (Å²) in [5.41, 5.74) is 3.98. The van der Waals surface area contributed by atoms with Gasteiger partial charge in [-0.25, -0.2) is 0 Å². The van der Waals surface area contributed by atoms with Gasteiger partial charge in [0.25, 0.3) is 5.69 Å². The molecule has 3 aromatic carbocycles. The Kier molecular flexibility index (Phi) is 6.77. The van der Waals surface area contributed by atoms with E-state index in [9.17, 15) is 19.7 Å². The molecule has 1 aliphatic carbocycles. The number of ether oxygens (including phenoxy) is 1. The zero-order chi connectivity index (χ0) is 25.9. The first kappa shape index (κ1) is 24.3. The first-order valence-electron chi connectivity index (χ1n) is 12.2. The van der Waals surface area contributed by atoms with Gasteiger partial charge in [0.1, 0.15) is 12.5 Å². The molecule has 2 aliphatic rings. The molecule has 0 amide bonds. The third-order valence-electron chi connectivity index (χ3n) is 7.08. The number of carbonyl (C=O) groups is 2. The molecule has 1 aliphatic heterocycles. The number of esters is 1. The lowest BCUT2D eigenvalue weighted by Gasteiger charge is -2.36. The van der Waals surface area contributed by atoms with Gasteiger partial charge in [0.15, 0.2) is 5.78 Å². The number of hydrogen-bond acceptors (Lipinski definition) is 6. The minimum absolute atomic E-state index is 0.0173. The van der Waals surface area contributed by atoms with Gasteiger partial charge in [-0.3, -0.25) is 24.7 Å². The van der Waals surface area contributed by atoms with Crippen LogP contribution in [0.25, 0.3) is 0 Å². The van der Waals surface area contributed by atoms with Gasteiger partial charge < -0.3 is 4.74 Å². The topological polar surface area (TPSA) is 98.9 Å². The van der Waals surface area contributed by atoms with Crippen LogP contribution in [0.2, 0.25) is 0 Å². The Labute approximate surface area is 214 Å². The molecule has 0 saturated carbocycles. The lowest BCUT2D eigenvalue weighted by atomic mass is 9.69. The van der Waals surface area contributed by atoms with E-state index in [0.29, 0.717) is 29.0 Å². The van der Waals surface area contributed by atoms with E-state index < -0.39 is 22.7 Å². The third kappa shape index (κ3) is 4.98. The highest BCUT2D eigenvalue weighted by atomic mass is 16.6. The molecule has 3 atom stereocenters. The van der Waals surface area contributed by atoms with Crippen molar-refractivity contribution in [2.24, 2.45) is 10.9 Å². The second-order valence-corrected chi connectivity index (χ2v) is 9.45. The summed E-state index contributed by atoms with van der Waals surface area (Å²) in [5.74, 6) is -2.19. The maximum atomic E-state index is 13.7. The zero-order valence-electron chi connectivity index (χ0n) is 20.4. The van der Waals surface area contributed by atoms with Crippen LogP contribution < -0.4 is 0 Å². The molecule has 0 radical (unpaired) electrons. The maximum Gasteiger partial charge on any atom is 0.315 e. The van der Waals surface area contributed by atoms with Gasteiger partial charge >= 0.3 is 5.97 Å². The summed E-state index contributed by atoms with van der Waals surface area (Å²) in [6, 6.07) is 25.3. The molecule has 1 heterocycles. The number of nitrogens with zero attached hydrogens (tertiary/aromatic N) is 2. The molecule has 7 nitrogen and oxygen atoms in total. The van der Waals surface area contributed by atoms with E-state index in [2.05, 4.69) is 0 Å². The van der Waals surface area contributed by atoms with Crippen LogP contribution in [0, 0.1) is 16.0 Å². The smallest absolute Gasteiger partial charge is 0.315 e. The highest BCUT2D eigenvalue weighted by Gasteiger charge is 2.45. The lowest BCUT2D eigenvalue weighted by molar-refractivity contribution is -0.384. The highest BCUT2D eigenvalue weighted by molar-refractivity contribution is 6.09. The Bertz CT molecular complexity index is 1410. The van der Waals surface area contributed by atoms with Crippen LogP contribution >= 0.6 is 0 Å². The number of benzene rings is 3. The molecular weight excluding hydrogens is 468 g/mol. The summed E-state index contributed by atoms with van der Waals surface area (Å²) in [6.45, 7) is 1.85. The van der Waals surface area contributed by atoms with E-state index in [1.165, 1.54) is 12.1 Å². The molecule has 1 unspecified atom stereocenters. The van der Waals surface area contributed by atoms with Gasteiger partial charge in [-0.15, -0.1) is 0 Å². The average Bonchev–Trinajstić information content (AvgIpc) is 2.92. The molecule has 5 rings (SSSR count). The maximum absolute atomic E-state index is 13.7. The van der Waals surface area contributed by atoms with Crippen LogP contribution in [0.15, 0.2) is 101 Å². The third-order valence-corrected chi connectivity index (χ3v) is 7.08. The number of non-ortho nitro benzene ring substituents is 1. The molecule has 0 bridgehead atoms. The number of carbonyl (C=O) groups excluding carboxylic acids is 2. The Balaban J connectivity index is 1.54. The Hall–Kier alpha value is -4.39. The monoisotopic (exact) mass is 494 g/mol. The molecule has 3 aromatic rings. The summed E-state index contributed by atoms with van der Waals surface area (Å²) in [7, 11) is 0. The van der Waals surface area contributed by atoms with Gasteiger partial charge in [0.2, 0.25) is 0 Å². The highest BCUT2D eigenvalue weighted by Crippen LogP contribution is 2.47. The van der Waals surface area contributed by atoms with Gasteiger partial charge in [0, 0.05) is 41.5 Å². The molecule has 0 N–H and O–H groups in total. The van der Waals surface area contributed by atoms with Gasteiger partial charge in [-0.05, 0) is 36.0 Å². The molecule has 186 valence electrons. The number of hydrogen-bond donors (Lipinski definition) is 0. The second-order valence-electron chi connectivity index (χ2n) is 9.45. The molecular formula is C30H26N2O5. The number of aliphatic imine (C=N–C) groups is 1.